The molecule has 2 aliphatic rings. The van der Waals surface area contributed by atoms with Gasteiger partial charge in [-0.15, -0.1) is 0 Å². The third-order valence-corrected chi connectivity index (χ3v) is 5.26. The van der Waals surface area contributed by atoms with Crippen molar-refractivity contribution in [2.75, 3.05) is 13.1 Å². The Morgan fingerprint density at radius 3 is 2.86 bits per heavy atom. The molecule has 1 aliphatic carbocycles. The highest BCUT2D eigenvalue weighted by Crippen LogP contribution is 2.36. The van der Waals surface area contributed by atoms with E-state index >= 15 is 0 Å². The Labute approximate surface area is 130 Å². The van der Waals surface area contributed by atoms with Crippen LogP contribution >= 0.6 is 0 Å². The molecule has 2 heterocycles. The number of hydrogen-bond donors (Lipinski definition) is 1. The van der Waals surface area contributed by atoms with Crippen LogP contribution in [0.15, 0.2) is 36.4 Å². The molecule has 1 aromatic heterocycles. The molecule has 22 heavy (non-hydrogen) atoms. The summed E-state index contributed by atoms with van der Waals surface area (Å²) >= 11 is 0. The van der Waals surface area contributed by atoms with Crippen LogP contribution in [0.2, 0.25) is 0 Å². The third kappa shape index (κ3) is 2.28. The van der Waals surface area contributed by atoms with Gasteiger partial charge in [0, 0.05) is 24.5 Å². The van der Waals surface area contributed by atoms with Gasteiger partial charge in [-0.25, -0.2) is 4.98 Å². The van der Waals surface area contributed by atoms with Crippen LogP contribution in [0.4, 0.5) is 0 Å². The second kappa shape index (κ2) is 5.36. The zero-order valence-corrected chi connectivity index (χ0v) is 12.6. The highest BCUT2D eigenvalue weighted by atomic mass is 16.2. The van der Waals surface area contributed by atoms with Crippen LogP contribution in [-0.4, -0.2) is 34.9 Å². The minimum absolute atomic E-state index is 0.0485. The van der Waals surface area contributed by atoms with Crippen molar-refractivity contribution in [2.24, 2.45) is 17.6 Å². The molecular weight excluding hydrogens is 274 g/mol. The number of rotatable bonds is 1. The van der Waals surface area contributed by atoms with Gasteiger partial charge in [0.25, 0.3) is 5.91 Å². The number of para-hydroxylation sites is 1. The number of fused-ring (bicyclic) bond motifs is 2. The third-order valence-electron chi connectivity index (χ3n) is 5.26. The van der Waals surface area contributed by atoms with Crippen molar-refractivity contribution in [1.82, 2.24) is 9.88 Å². The zero-order valence-electron chi connectivity index (χ0n) is 12.6. The number of carbonyl (C=O) groups excluding carboxylic acids is 1. The van der Waals surface area contributed by atoms with E-state index in [0.717, 1.165) is 30.4 Å². The van der Waals surface area contributed by atoms with Gasteiger partial charge in [0.05, 0.1) is 5.52 Å². The van der Waals surface area contributed by atoms with Crippen LogP contribution in [0.25, 0.3) is 10.9 Å². The quantitative estimate of drug-likeness (QED) is 0.879. The number of pyridine rings is 1. The van der Waals surface area contributed by atoms with Crippen LogP contribution in [0.1, 0.15) is 29.8 Å². The summed E-state index contributed by atoms with van der Waals surface area (Å²) in [5.74, 6) is 1.10. The van der Waals surface area contributed by atoms with Gasteiger partial charge in [0.15, 0.2) is 0 Å². The molecular formula is C18H21N3O. The molecule has 1 aromatic carbocycles. The van der Waals surface area contributed by atoms with Gasteiger partial charge in [0.2, 0.25) is 0 Å². The van der Waals surface area contributed by atoms with Crippen molar-refractivity contribution >= 4 is 16.8 Å². The van der Waals surface area contributed by atoms with E-state index in [1.54, 1.807) is 0 Å². The fourth-order valence-corrected chi connectivity index (χ4v) is 4.03. The summed E-state index contributed by atoms with van der Waals surface area (Å²) in [5, 5.41) is 1.07. The molecule has 4 heteroatoms. The van der Waals surface area contributed by atoms with Gasteiger partial charge in [-0.3, -0.25) is 4.79 Å². The van der Waals surface area contributed by atoms with E-state index in [9.17, 15) is 4.79 Å². The second-order valence-electron chi connectivity index (χ2n) is 6.62. The van der Waals surface area contributed by atoms with Crippen LogP contribution in [0.5, 0.6) is 0 Å². The number of nitrogens with zero attached hydrogens (tertiary/aromatic N) is 2. The molecule has 1 saturated heterocycles. The maximum atomic E-state index is 12.8. The molecule has 3 atom stereocenters. The lowest BCUT2D eigenvalue weighted by Gasteiger charge is -2.29. The van der Waals surface area contributed by atoms with Gasteiger partial charge in [-0.2, -0.15) is 0 Å². The molecule has 2 aromatic rings. The summed E-state index contributed by atoms with van der Waals surface area (Å²) in [5.41, 5.74) is 7.67. The Bertz CT molecular complexity index is 714. The predicted molar refractivity (Wildman–Crippen MR) is 86.5 cm³/mol. The van der Waals surface area contributed by atoms with Crippen molar-refractivity contribution in [1.29, 1.82) is 0 Å². The number of amides is 1. The van der Waals surface area contributed by atoms with Crippen molar-refractivity contribution in [3.63, 3.8) is 0 Å². The minimum atomic E-state index is 0.0485. The Hall–Kier alpha value is -1.94. The average molecular weight is 295 g/mol. The molecule has 1 saturated carbocycles. The Balaban J connectivity index is 1.58. The molecule has 0 spiro atoms. The lowest BCUT2D eigenvalue weighted by molar-refractivity contribution is 0.0778. The Morgan fingerprint density at radius 1 is 1.14 bits per heavy atom. The van der Waals surface area contributed by atoms with Crippen LogP contribution in [-0.2, 0) is 0 Å². The van der Waals surface area contributed by atoms with Gasteiger partial charge >= 0.3 is 0 Å². The largest absolute Gasteiger partial charge is 0.337 e. The first-order chi connectivity index (χ1) is 10.7. The van der Waals surface area contributed by atoms with Gasteiger partial charge in [-0.1, -0.05) is 30.7 Å². The first-order valence-electron chi connectivity index (χ1n) is 8.13. The molecule has 4 rings (SSSR count). The number of nitrogens with two attached hydrogens (primary N) is 1. The second-order valence-corrected chi connectivity index (χ2v) is 6.62. The topological polar surface area (TPSA) is 59.2 Å². The standard InChI is InChI=1S/C18H21N3O/c19-15-6-3-5-13-10-21(11-14(13)15)18(22)17-9-8-12-4-1-2-7-16(12)20-17/h1-2,4,7-9,13-15H,3,5-6,10-11,19H2. The first kappa shape index (κ1) is 13.7. The summed E-state index contributed by atoms with van der Waals surface area (Å²) in [4.78, 5) is 19.3. The Kier molecular flexibility index (Phi) is 3.34. The van der Waals surface area contributed by atoms with E-state index in [1.165, 1.54) is 12.8 Å². The zero-order chi connectivity index (χ0) is 15.1. The fourth-order valence-electron chi connectivity index (χ4n) is 4.03. The van der Waals surface area contributed by atoms with Crippen molar-refractivity contribution < 1.29 is 4.79 Å². The monoisotopic (exact) mass is 295 g/mol. The number of likely N-dealkylation sites (tertiary alicyclic amines) is 1. The molecule has 114 valence electrons. The molecule has 0 radical (unpaired) electrons. The number of benzene rings is 1. The maximum absolute atomic E-state index is 12.8. The smallest absolute Gasteiger partial charge is 0.272 e. The van der Waals surface area contributed by atoms with Crippen molar-refractivity contribution in [3.05, 3.63) is 42.1 Å². The predicted octanol–water partition coefficient (Wildman–Crippen LogP) is 2.43. The summed E-state index contributed by atoms with van der Waals surface area (Å²) in [6.07, 6.45) is 3.49. The number of aromatic nitrogens is 1. The van der Waals surface area contributed by atoms with E-state index in [2.05, 4.69) is 4.98 Å². The minimum Gasteiger partial charge on any atom is -0.337 e. The first-order valence-corrected chi connectivity index (χ1v) is 8.13. The van der Waals surface area contributed by atoms with Crippen molar-refractivity contribution in [2.45, 2.75) is 25.3 Å². The average Bonchev–Trinajstić information content (AvgIpc) is 2.99. The van der Waals surface area contributed by atoms with E-state index < -0.39 is 0 Å². The highest BCUT2D eigenvalue weighted by Gasteiger charge is 2.40. The summed E-state index contributed by atoms with van der Waals surface area (Å²) in [6.45, 7) is 1.63. The highest BCUT2D eigenvalue weighted by molar-refractivity contribution is 5.95. The molecule has 3 unspecified atom stereocenters. The van der Waals surface area contributed by atoms with Crippen LogP contribution in [0, 0.1) is 11.8 Å². The molecule has 1 aliphatic heterocycles. The lowest BCUT2D eigenvalue weighted by atomic mass is 9.78. The molecule has 0 bridgehead atoms. The van der Waals surface area contributed by atoms with E-state index in [1.807, 2.05) is 41.3 Å². The van der Waals surface area contributed by atoms with Crippen LogP contribution in [0.3, 0.4) is 0 Å². The van der Waals surface area contributed by atoms with Gasteiger partial charge in [-0.05, 0) is 36.8 Å². The maximum Gasteiger partial charge on any atom is 0.272 e. The normalized spacial score (nSPS) is 27.9. The fraction of sp³-hybridized carbons (Fsp3) is 0.444. The summed E-state index contributed by atoms with van der Waals surface area (Å²) in [6, 6.07) is 12.0. The molecule has 2 N–H and O–H groups in total. The number of carbonyl (C=O) groups is 1. The van der Waals surface area contributed by atoms with E-state index in [-0.39, 0.29) is 11.9 Å². The van der Waals surface area contributed by atoms with E-state index in [0.29, 0.717) is 17.5 Å². The Morgan fingerprint density at radius 2 is 2.00 bits per heavy atom. The molecule has 1 amide bonds. The summed E-state index contributed by atoms with van der Waals surface area (Å²) in [7, 11) is 0. The lowest BCUT2D eigenvalue weighted by Crippen LogP contribution is -2.38. The van der Waals surface area contributed by atoms with Crippen LogP contribution < -0.4 is 5.73 Å². The van der Waals surface area contributed by atoms with Crippen molar-refractivity contribution in [3.8, 4) is 0 Å². The SMILES string of the molecule is NC1CCCC2CN(C(=O)c3ccc4ccccc4n3)CC12. The molecule has 4 nitrogen and oxygen atoms in total. The summed E-state index contributed by atoms with van der Waals surface area (Å²) < 4.78 is 0. The molecule has 2 fully saturated rings. The number of hydrogen-bond acceptors (Lipinski definition) is 3. The van der Waals surface area contributed by atoms with Gasteiger partial charge in [0.1, 0.15) is 5.69 Å². The van der Waals surface area contributed by atoms with Gasteiger partial charge < -0.3 is 10.6 Å². The van der Waals surface area contributed by atoms with E-state index in [4.69, 9.17) is 5.73 Å².